The summed E-state index contributed by atoms with van der Waals surface area (Å²) < 4.78 is 14.0. The molecule has 0 aliphatic rings. The Labute approximate surface area is 51.8 Å². The third kappa shape index (κ3) is 7.62. The van der Waals surface area contributed by atoms with Crippen LogP contribution in [0, 0.1) is 0 Å². The van der Waals surface area contributed by atoms with E-state index in [0.717, 1.165) is 0 Å². The summed E-state index contributed by atoms with van der Waals surface area (Å²) >= 11 is 0. The van der Waals surface area contributed by atoms with Crippen LogP contribution in [0.5, 0.6) is 0 Å². The molecule has 6 heteroatoms. The van der Waals surface area contributed by atoms with Gasteiger partial charge in [0.2, 0.25) is 0 Å². The maximum absolute atomic E-state index is 10.0. The van der Waals surface area contributed by atoms with E-state index in [-0.39, 0.29) is 13.1 Å². The third-order valence-corrected chi connectivity index (χ3v) is 1.33. The highest BCUT2D eigenvalue weighted by Gasteiger charge is 2.11. The van der Waals surface area contributed by atoms with Crippen molar-refractivity contribution in [3.63, 3.8) is 0 Å². The minimum absolute atomic E-state index is 0.148. The van der Waals surface area contributed by atoms with Crippen molar-refractivity contribution in [2.24, 2.45) is 0 Å². The van der Waals surface area contributed by atoms with Gasteiger partial charge in [-0.1, -0.05) is 0 Å². The number of rotatable bonds is 4. The zero-order chi connectivity index (χ0) is 7.33. The number of hydrogen-bond donors (Lipinski definition) is 2. The zero-order valence-electron chi connectivity index (χ0n) is 4.56. The van der Waals surface area contributed by atoms with E-state index in [4.69, 9.17) is 9.79 Å². The highest BCUT2D eigenvalue weighted by atomic mass is 31.2. The minimum atomic E-state index is -3.98. The first kappa shape index (κ1) is 8.62. The summed E-state index contributed by atoms with van der Waals surface area (Å²) in [5.41, 5.74) is 0. The fourth-order valence-corrected chi connectivity index (χ4v) is 0.563. The molecule has 54 valence electrons. The summed E-state index contributed by atoms with van der Waals surface area (Å²) in [6, 6.07) is 0. The molecule has 0 unspecified atom stereocenters. The van der Waals surface area contributed by atoms with Crippen LogP contribution in [-0.4, -0.2) is 29.0 Å². The fraction of sp³-hybridized carbons (Fsp3) is 0.667. The maximum atomic E-state index is 10.0. The monoisotopic (exact) mass is 154 g/mol. The molecule has 0 spiro atoms. The molecule has 0 atom stereocenters. The molecule has 0 amide bonds. The van der Waals surface area contributed by atoms with Gasteiger partial charge in [-0.15, -0.1) is 0 Å². The van der Waals surface area contributed by atoms with Gasteiger partial charge in [-0.05, 0) is 0 Å². The van der Waals surface area contributed by atoms with Gasteiger partial charge >= 0.3 is 7.60 Å². The quantitative estimate of drug-likeness (QED) is 0.319. The molecule has 0 rings (SSSR count). The molecule has 0 aliphatic carbocycles. The first-order valence-electron chi connectivity index (χ1n) is 2.16. The van der Waals surface area contributed by atoms with Crippen molar-refractivity contribution in [1.82, 2.24) is 0 Å². The number of carbonyl (C=O) groups is 1. The molecule has 0 saturated heterocycles. The van der Waals surface area contributed by atoms with Gasteiger partial charge in [-0.3, -0.25) is 9.36 Å². The molecule has 2 N–H and O–H groups in total. The van der Waals surface area contributed by atoms with Gasteiger partial charge in [0.15, 0.2) is 0 Å². The SMILES string of the molecule is O=COCCP(=O)(O)O. The second-order valence-electron chi connectivity index (χ2n) is 1.36. The smallest absolute Gasteiger partial charge is 0.328 e. The van der Waals surface area contributed by atoms with Crippen LogP contribution in [0.1, 0.15) is 0 Å². The van der Waals surface area contributed by atoms with Gasteiger partial charge in [0.1, 0.15) is 6.61 Å². The largest absolute Gasteiger partial charge is 0.467 e. The molecule has 0 fully saturated rings. The van der Waals surface area contributed by atoms with Gasteiger partial charge < -0.3 is 14.5 Å². The normalized spacial score (nSPS) is 10.9. The lowest BCUT2D eigenvalue weighted by atomic mass is 10.9. The predicted molar refractivity (Wildman–Crippen MR) is 28.9 cm³/mol. The van der Waals surface area contributed by atoms with E-state index in [1.165, 1.54) is 0 Å². The van der Waals surface area contributed by atoms with Crippen LogP contribution in [0.4, 0.5) is 0 Å². The highest BCUT2D eigenvalue weighted by Crippen LogP contribution is 2.33. The van der Waals surface area contributed by atoms with Gasteiger partial charge in [0.25, 0.3) is 6.47 Å². The van der Waals surface area contributed by atoms with Gasteiger partial charge in [-0.2, -0.15) is 0 Å². The van der Waals surface area contributed by atoms with Crippen molar-refractivity contribution in [2.45, 2.75) is 0 Å². The first-order valence-corrected chi connectivity index (χ1v) is 3.96. The number of carbonyl (C=O) groups excluding carboxylic acids is 1. The highest BCUT2D eigenvalue weighted by molar-refractivity contribution is 7.51. The summed E-state index contributed by atoms with van der Waals surface area (Å²) in [5.74, 6) is 0. The average Bonchev–Trinajstić information content (AvgIpc) is 1.63. The molecular weight excluding hydrogens is 147 g/mol. The van der Waals surface area contributed by atoms with Gasteiger partial charge in [0.05, 0.1) is 6.16 Å². The summed E-state index contributed by atoms with van der Waals surface area (Å²) in [6.07, 6.45) is -0.411. The molecular formula is C3H7O5P. The molecule has 5 nitrogen and oxygen atoms in total. The van der Waals surface area contributed by atoms with E-state index in [1.54, 1.807) is 0 Å². The van der Waals surface area contributed by atoms with Crippen LogP contribution in [-0.2, 0) is 14.1 Å². The Morgan fingerprint density at radius 1 is 1.56 bits per heavy atom. The molecule has 0 bridgehead atoms. The van der Waals surface area contributed by atoms with Crippen LogP contribution in [0.3, 0.4) is 0 Å². The lowest BCUT2D eigenvalue weighted by Gasteiger charge is -1.99. The van der Waals surface area contributed by atoms with Crippen molar-refractivity contribution >= 4 is 14.1 Å². The van der Waals surface area contributed by atoms with E-state index < -0.39 is 13.8 Å². The van der Waals surface area contributed by atoms with Crippen molar-refractivity contribution in [3.05, 3.63) is 0 Å². The van der Waals surface area contributed by atoms with Crippen LogP contribution in [0.15, 0.2) is 0 Å². The van der Waals surface area contributed by atoms with Crippen LogP contribution in [0.2, 0.25) is 0 Å². The van der Waals surface area contributed by atoms with Crippen molar-refractivity contribution < 1.29 is 23.9 Å². The van der Waals surface area contributed by atoms with E-state index in [2.05, 4.69) is 4.74 Å². The summed E-state index contributed by atoms with van der Waals surface area (Å²) in [4.78, 5) is 25.7. The Bertz CT molecular complexity index is 126. The Morgan fingerprint density at radius 3 is 2.44 bits per heavy atom. The van der Waals surface area contributed by atoms with Gasteiger partial charge in [-0.25, -0.2) is 0 Å². The molecule has 0 heterocycles. The first-order chi connectivity index (χ1) is 4.06. The molecule has 0 aromatic carbocycles. The Balaban J connectivity index is 3.28. The molecule has 0 aromatic rings. The van der Waals surface area contributed by atoms with Crippen molar-refractivity contribution in [3.8, 4) is 0 Å². The second-order valence-corrected chi connectivity index (χ2v) is 3.13. The molecule has 0 radical (unpaired) electrons. The second kappa shape index (κ2) is 3.61. The van der Waals surface area contributed by atoms with Crippen LogP contribution < -0.4 is 0 Å². The Kier molecular flexibility index (Phi) is 3.46. The zero-order valence-corrected chi connectivity index (χ0v) is 5.45. The molecule has 0 aliphatic heterocycles. The lowest BCUT2D eigenvalue weighted by Crippen LogP contribution is -1.98. The van der Waals surface area contributed by atoms with E-state index in [0.29, 0.717) is 0 Å². The molecule has 0 aromatic heterocycles. The molecule has 9 heavy (non-hydrogen) atoms. The standard InChI is InChI=1S/C3H7O5P/c4-3-8-1-2-9(5,6)7/h3H,1-2H2,(H2,5,6,7). The van der Waals surface area contributed by atoms with Crippen LogP contribution in [0.25, 0.3) is 0 Å². The lowest BCUT2D eigenvalue weighted by molar-refractivity contribution is -0.128. The topological polar surface area (TPSA) is 83.8 Å². The van der Waals surface area contributed by atoms with E-state index in [1.807, 2.05) is 0 Å². The predicted octanol–water partition coefficient (Wildman–Crippen LogP) is -0.663. The van der Waals surface area contributed by atoms with E-state index in [9.17, 15) is 9.36 Å². The van der Waals surface area contributed by atoms with Crippen molar-refractivity contribution in [1.29, 1.82) is 0 Å². The van der Waals surface area contributed by atoms with Crippen LogP contribution >= 0.6 is 7.60 Å². The fourth-order valence-electron chi connectivity index (χ4n) is 0.220. The summed E-state index contributed by atoms with van der Waals surface area (Å²) in [7, 11) is -3.98. The van der Waals surface area contributed by atoms with Crippen molar-refractivity contribution in [2.75, 3.05) is 12.8 Å². The third-order valence-electron chi connectivity index (χ3n) is 0.568. The number of hydrogen-bond acceptors (Lipinski definition) is 3. The van der Waals surface area contributed by atoms with Gasteiger partial charge in [0, 0.05) is 0 Å². The average molecular weight is 154 g/mol. The summed E-state index contributed by atoms with van der Waals surface area (Å²) in [5, 5.41) is 0. The Hall–Kier alpha value is -0.380. The van der Waals surface area contributed by atoms with E-state index >= 15 is 0 Å². The Morgan fingerprint density at radius 2 is 2.11 bits per heavy atom. The maximum Gasteiger partial charge on any atom is 0.328 e. The summed E-state index contributed by atoms with van der Waals surface area (Å²) in [6.45, 7) is -0.0799. The number of ether oxygens (including phenoxy) is 1. The minimum Gasteiger partial charge on any atom is -0.467 e. The molecule has 0 saturated carbocycles.